The van der Waals surface area contributed by atoms with Crippen LogP contribution in [-0.2, 0) is 0 Å². The Labute approximate surface area is 50.8 Å². The first-order valence-corrected chi connectivity index (χ1v) is 3.36. The van der Waals surface area contributed by atoms with Gasteiger partial charge in [-0.1, -0.05) is 19.4 Å². The summed E-state index contributed by atoms with van der Waals surface area (Å²) < 4.78 is 0. The van der Waals surface area contributed by atoms with Crippen molar-refractivity contribution < 1.29 is 0 Å². The van der Waals surface area contributed by atoms with E-state index in [1.807, 2.05) is 0 Å². The van der Waals surface area contributed by atoms with E-state index in [1.54, 1.807) is 0 Å². The van der Waals surface area contributed by atoms with Gasteiger partial charge in [0.15, 0.2) is 0 Å². The van der Waals surface area contributed by atoms with Gasteiger partial charge in [-0.15, -0.1) is 0 Å². The lowest BCUT2D eigenvalue weighted by atomic mass is 10.2. The summed E-state index contributed by atoms with van der Waals surface area (Å²) >= 11 is 0. The molecule has 8 heavy (non-hydrogen) atoms. The van der Waals surface area contributed by atoms with Gasteiger partial charge in [-0.2, -0.15) is 0 Å². The molecule has 0 aliphatic carbocycles. The van der Waals surface area contributed by atoms with Crippen LogP contribution in [0.1, 0.15) is 26.2 Å². The molecule has 0 amide bonds. The lowest BCUT2D eigenvalue weighted by Crippen LogP contribution is -2.06. The lowest BCUT2D eigenvalue weighted by molar-refractivity contribution is 0.790. The number of hydrogen-bond acceptors (Lipinski definition) is 1. The van der Waals surface area contributed by atoms with Gasteiger partial charge in [-0.25, -0.2) is 0 Å². The second-order valence-electron chi connectivity index (χ2n) is 2.19. The van der Waals surface area contributed by atoms with Gasteiger partial charge in [-0.3, -0.25) is 0 Å². The summed E-state index contributed by atoms with van der Waals surface area (Å²) in [5, 5.41) is 3.32. The van der Waals surface area contributed by atoms with Crippen LogP contribution in [-0.4, -0.2) is 6.54 Å². The lowest BCUT2D eigenvalue weighted by Gasteiger charge is -1.98. The zero-order valence-corrected chi connectivity index (χ0v) is 5.41. The maximum absolute atomic E-state index is 3.32. The molecule has 1 heterocycles. The molecule has 0 aromatic rings. The zero-order chi connectivity index (χ0) is 5.82. The third-order valence-electron chi connectivity index (χ3n) is 1.41. The van der Waals surface area contributed by atoms with E-state index in [4.69, 9.17) is 0 Å². The van der Waals surface area contributed by atoms with Gasteiger partial charge in [-0.05, 0) is 12.8 Å². The van der Waals surface area contributed by atoms with E-state index in [0.717, 1.165) is 6.54 Å². The highest BCUT2D eigenvalue weighted by atomic mass is 14.9. The average Bonchev–Trinajstić information content (AvgIpc) is 2.19. The van der Waals surface area contributed by atoms with Crippen molar-refractivity contribution in [2.45, 2.75) is 26.2 Å². The van der Waals surface area contributed by atoms with Gasteiger partial charge in [0.25, 0.3) is 0 Å². The van der Waals surface area contributed by atoms with E-state index in [-0.39, 0.29) is 0 Å². The van der Waals surface area contributed by atoms with Crippen molar-refractivity contribution in [1.29, 1.82) is 0 Å². The number of rotatable bonds is 2. The van der Waals surface area contributed by atoms with E-state index in [2.05, 4.69) is 18.3 Å². The number of hydrogen-bond donors (Lipinski definition) is 1. The summed E-state index contributed by atoms with van der Waals surface area (Å²) in [6.07, 6.45) is 6.03. The summed E-state index contributed by atoms with van der Waals surface area (Å²) in [7, 11) is 0. The Morgan fingerprint density at radius 2 is 2.62 bits per heavy atom. The van der Waals surface area contributed by atoms with Crippen LogP contribution in [0.4, 0.5) is 0 Å². The maximum atomic E-state index is 3.32. The Kier molecular flexibility index (Phi) is 1.95. The van der Waals surface area contributed by atoms with Gasteiger partial charge in [0.05, 0.1) is 0 Å². The maximum Gasteiger partial charge on any atom is 0.0179 e. The Morgan fingerprint density at radius 1 is 1.75 bits per heavy atom. The molecular formula is C7H13N. The van der Waals surface area contributed by atoms with E-state index >= 15 is 0 Å². The van der Waals surface area contributed by atoms with Crippen molar-refractivity contribution in [1.82, 2.24) is 5.32 Å². The molecule has 0 saturated heterocycles. The molecule has 0 unspecified atom stereocenters. The predicted molar refractivity (Wildman–Crippen MR) is 35.6 cm³/mol. The second kappa shape index (κ2) is 2.75. The van der Waals surface area contributed by atoms with Crippen molar-refractivity contribution >= 4 is 0 Å². The van der Waals surface area contributed by atoms with Gasteiger partial charge in [0.1, 0.15) is 0 Å². The summed E-state index contributed by atoms with van der Waals surface area (Å²) in [4.78, 5) is 0. The van der Waals surface area contributed by atoms with Crippen LogP contribution in [0.5, 0.6) is 0 Å². The van der Waals surface area contributed by atoms with Crippen molar-refractivity contribution in [2.75, 3.05) is 6.54 Å². The fourth-order valence-corrected chi connectivity index (χ4v) is 1.01. The largest absolute Gasteiger partial charge is 0.388 e. The third-order valence-corrected chi connectivity index (χ3v) is 1.41. The molecule has 0 bridgehead atoms. The third kappa shape index (κ3) is 1.25. The van der Waals surface area contributed by atoms with Crippen LogP contribution in [0.15, 0.2) is 11.8 Å². The molecule has 1 rings (SSSR count). The first kappa shape index (κ1) is 5.67. The van der Waals surface area contributed by atoms with E-state index < -0.39 is 0 Å². The summed E-state index contributed by atoms with van der Waals surface area (Å²) in [6.45, 7) is 3.37. The molecule has 1 nitrogen and oxygen atoms in total. The van der Waals surface area contributed by atoms with Crippen molar-refractivity contribution in [3.05, 3.63) is 11.8 Å². The molecule has 1 N–H and O–H groups in total. The highest BCUT2D eigenvalue weighted by molar-refractivity contribution is 5.04. The highest BCUT2D eigenvalue weighted by Crippen LogP contribution is 2.06. The van der Waals surface area contributed by atoms with Crippen LogP contribution in [0.25, 0.3) is 0 Å². The van der Waals surface area contributed by atoms with Gasteiger partial charge in [0, 0.05) is 12.2 Å². The summed E-state index contributed by atoms with van der Waals surface area (Å²) in [5.41, 5.74) is 1.45. The normalized spacial score (nSPS) is 17.9. The van der Waals surface area contributed by atoms with Crippen LogP contribution in [0.2, 0.25) is 0 Å². The topological polar surface area (TPSA) is 12.0 Å². The Balaban J connectivity index is 2.23. The second-order valence-corrected chi connectivity index (χ2v) is 2.19. The van der Waals surface area contributed by atoms with E-state index in [9.17, 15) is 0 Å². The van der Waals surface area contributed by atoms with E-state index in [1.165, 1.54) is 25.0 Å². The predicted octanol–water partition coefficient (Wildman–Crippen LogP) is 1.66. The molecular weight excluding hydrogens is 98.1 g/mol. The minimum atomic E-state index is 1.16. The van der Waals surface area contributed by atoms with Crippen LogP contribution >= 0.6 is 0 Å². The SMILES string of the molecule is CCCC1=CCCN1. The molecule has 0 aromatic heterocycles. The number of allylic oxidation sites excluding steroid dienone is 1. The monoisotopic (exact) mass is 111 g/mol. The highest BCUT2D eigenvalue weighted by Gasteiger charge is 1.98. The van der Waals surface area contributed by atoms with Crippen LogP contribution < -0.4 is 5.32 Å². The minimum Gasteiger partial charge on any atom is -0.388 e. The first-order chi connectivity index (χ1) is 3.93. The van der Waals surface area contributed by atoms with Crippen molar-refractivity contribution in [3.8, 4) is 0 Å². The van der Waals surface area contributed by atoms with Crippen LogP contribution in [0, 0.1) is 0 Å². The fourth-order valence-electron chi connectivity index (χ4n) is 1.01. The molecule has 0 atom stereocenters. The molecule has 46 valence electrons. The van der Waals surface area contributed by atoms with Crippen molar-refractivity contribution in [3.63, 3.8) is 0 Å². The Hall–Kier alpha value is -0.460. The fraction of sp³-hybridized carbons (Fsp3) is 0.714. The van der Waals surface area contributed by atoms with E-state index in [0.29, 0.717) is 0 Å². The molecule has 1 aliphatic heterocycles. The van der Waals surface area contributed by atoms with Crippen molar-refractivity contribution in [2.24, 2.45) is 0 Å². The molecule has 0 radical (unpaired) electrons. The van der Waals surface area contributed by atoms with Gasteiger partial charge < -0.3 is 5.32 Å². The average molecular weight is 111 g/mol. The Morgan fingerprint density at radius 3 is 3.12 bits per heavy atom. The summed E-state index contributed by atoms with van der Waals surface area (Å²) in [6, 6.07) is 0. The quantitative estimate of drug-likeness (QED) is 0.571. The zero-order valence-electron chi connectivity index (χ0n) is 5.41. The standard InChI is InChI=1S/C7H13N/c1-2-4-7-5-3-6-8-7/h5,8H,2-4,6H2,1H3. The first-order valence-electron chi connectivity index (χ1n) is 3.36. The molecule has 1 aliphatic rings. The molecule has 0 spiro atoms. The molecule has 0 aromatic carbocycles. The Bertz CT molecular complexity index is 94.6. The summed E-state index contributed by atoms with van der Waals surface area (Å²) in [5.74, 6) is 0. The minimum absolute atomic E-state index is 1.16. The molecule has 0 saturated carbocycles. The molecule has 0 fully saturated rings. The smallest absolute Gasteiger partial charge is 0.0179 e. The van der Waals surface area contributed by atoms with Gasteiger partial charge in [0.2, 0.25) is 0 Å². The van der Waals surface area contributed by atoms with Gasteiger partial charge >= 0.3 is 0 Å². The number of nitrogens with one attached hydrogen (secondary N) is 1. The molecule has 1 heteroatoms. The van der Waals surface area contributed by atoms with Crippen LogP contribution in [0.3, 0.4) is 0 Å².